The molecule has 1 aromatic rings. The number of anilines is 1. The van der Waals surface area contributed by atoms with Gasteiger partial charge in [-0.1, -0.05) is 6.92 Å². The van der Waals surface area contributed by atoms with Crippen molar-refractivity contribution in [1.29, 1.82) is 0 Å². The van der Waals surface area contributed by atoms with Gasteiger partial charge in [0.1, 0.15) is 12.4 Å². The van der Waals surface area contributed by atoms with Crippen molar-refractivity contribution in [2.24, 2.45) is 11.8 Å². The third-order valence-corrected chi connectivity index (χ3v) is 6.62. The molecule has 2 aliphatic heterocycles. The molecule has 3 rings (SSSR count). The predicted octanol–water partition coefficient (Wildman–Crippen LogP) is 2.40. The van der Waals surface area contributed by atoms with Gasteiger partial charge in [0.15, 0.2) is 0 Å². The van der Waals surface area contributed by atoms with Crippen LogP contribution in [0.2, 0.25) is 0 Å². The number of methoxy groups -OCH3 is 1. The first kappa shape index (κ1) is 26.0. The number of nitrogens with one attached hydrogen (secondary N) is 1. The topological polar surface area (TPSA) is 97.4 Å². The molecule has 3 amide bonds. The van der Waals surface area contributed by atoms with Crippen molar-refractivity contribution < 1.29 is 28.6 Å². The van der Waals surface area contributed by atoms with E-state index in [9.17, 15) is 14.4 Å². The monoisotopic (exact) mass is 475 g/mol. The van der Waals surface area contributed by atoms with E-state index < -0.39 is 0 Å². The van der Waals surface area contributed by atoms with Crippen LogP contribution < -0.4 is 10.1 Å². The quantitative estimate of drug-likeness (QED) is 0.721. The molecular weight excluding hydrogens is 438 g/mol. The first-order valence-corrected chi connectivity index (χ1v) is 11.9. The number of ether oxygens (including phenoxy) is 3. The number of benzene rings is 1. The first-order valence-electron chi connectivity index (χ1n) is 11.9. The highest BCUT2D eigenvalue weighted by molar-refractivity contribution is 5.99. The molecule has 1 aromatic carbocycles. The van der Waals surface area contributed by atoms with Crippen molar-refractivity contribution in [2.75, 3.05) is 52.4 Å². The molecule has 0 spiro atoms. The molecule has 9 heteroatoms. The molecule has 0 radical (unpaired) electrons. The second-order valence-corrected chi connectivity index (χ2v) is 9.37. The van der Waals surface area contributed by atoms with Gasteiger partial charge in [0.05, 0.1) is 17.7 Å². The van der Waals surface area contributed by atoms with Gasteiger partial charge in [0.2, 0.25) is 11.8 Å². The van der Waals surface area contributed by atoms with Crippen LogP contribution in [0.5, 0.6) is 5.75 Å². The molecule has 0 aliphatic carbocycles. The zero-order chi connectivity index (χ0) is 24.8. The van der Waals surface area contributed by atoms with Crippen LogP contribution in [0.15, 0.2) is 18.2 Å². The van der Waals surface area contributed by atoms with Crippen LogP contribution in [0, 0.1) is 11.8 Å². The van der Waals surface area contributed by atoms with Gasteiger partial charge in [-0.3, -0.25) is 14.4 Å². The van der Waals surface area contributed by atoms with Gasteiger partial charge in [-0.25, -0.2) is 0 Å². The average molecular weight is 476 g/mol. The fraction of sp³-hybridized carbons (Fsp3) is 0.640. The second kappa shape index (κ2) is 11.7. The second-order valence-electron chi connectivity index (χ2n) is 9.37. The first-order chi connectivity index (χ1) is 16.2. The summed E-state index contributed by atoms with van der Waals surface area (Å²) in [5.74, 6) is 0.0200. The highest BCUT2D eigenvalue weighted by Crippen LogP contribution is 2.27. The van der Waals surface area contributed by atoms with Crippen molar-refractivity contribution in [3.63, 3.8) is 0 Å². The van der Waals surface area contributed by atoms with Crippen molar-refractivity contribution in [3.05, 3.63) is 23.8 Å². The normalized spacial score (nSPS) is 25.0. The molecule has 0 saturated carbocycles. The van der Waals surface area contributed by atoms with E-state index in [1.165, 1.54) is 6.92 Å². The molecule has 3 atom stereocenters. The number of nitrogens with zero attached hydrogens (tertiary/aromatic N) is 2. The van der Waals surface area contributed by atoms with Crippen LogP contribution in [0.4, 0.5) is 5.69 Å². The van der Waals surface area contributed by atoms with Gasteiger partial charge in [-0.2, -0.15) is 0 Å². The largest absolute Gasteiger partial charge is 0.491 e. The molecule has 0 aromatic heterocycles. The lowest BCUT2D eigenvalue weighted by Gasteiger charge is -2.38. The molecular formula is C25H37N3O6. The van der Waals surface area contributed by atoms with E-state index in [0.717, 1.165) is 12.8 Å². The van der Waals surface area contributed by atoms with Gasteiger partial charge < -0.3 is 29.3 Å². The predicted molar refractivity (Wildman–Crippen MR) is 128 cm³/mol. The molecule has 1 N–H and O–H groups in total. The Kier molecular flexibility index (Phi) is 8.90. The minimum atomic E-state index is -0.256. The van der Waals surface area contributed by atoms with E-state index >= 15 is 0 Å². The van der Waals surface area contributed by atoms with E-state index in [1.54, 1.807) is 37.3 Å². The summed E-state index contributed by atoms with van der Waals surface area (Å²) in [6.45, 7) is 7.73. The molecule has 1 saturated heterocycles. The van der Waals surface area contributed by atoms with Crippen molar-refractivity contribution >= 4 is 23.4 Å². The van der Waals surface area contributed by atoms with Gasteiger partial charge >= 0.3 is 0 Å². The third-order valence-electron chi connectivity index (χ3n) is 6.62. The van der Waals surface area contributed by atoms with Crippen molar-refractivity contribution in [2.45, 2.75) is 45.8 Å². The van der Waals surface area contributed by atoms with Crippen LogP contribution in [0.25, 0.3) is 0 Å². The van der Waals surface area contributed by atoms with Crippen LogP contribution >= 0.6 is 0 Å². The van der Waals surface area contributed by atoms with E-state index in [0.29, 0.717) is 43.3 Å². The molecule has 1 fully saturated rings. The highest BCUT2D eigenvalue weighted by atomic mass is 16.5. The van der Waals surface area contributed by atoms with Crippen molar-refractivity contribution in [1.82, 2.24) is 9.80 Å². The fourth-order valence-corrected chi connectivity index (χ4v) is 4.54. The SMILES string of the molecule is CO[C@@H]1CN(C)C(=O)c2cc(NC(C)=O)ccc2OC[C@H](C)N(C(=O)C2CCOCC2)C[C@@H]1C. The molecule has 2 aliphatic rings. The molecule has 0 bridgehead atoms. The summed E-state index contributed by atoms with van der Waals surface area (Å²) in [4.78, 5) is 41.8. The lowest BCUT2D eigenvalue weighted by atomic mass is 9.95. The maximum Gasteiger partial charge on any atom is 0.257 e. The lowest BCUT2D eigenvalue weighted by Crippen LogP contribution is -2.50. The van der Waals surface area contributed by atoms with Crippen LogP contribution in [-0.2, 0) is 19.1 Å². The van der Waals surface area contributed by atoms with Crippen LogP contribution in [0.1, 0.15) is 44.0 Å². The summed E-state index contributed by atoms with van der Waals surface area (Å²) in [6.07, 6.45) is 1.18. The van der Waals surface area contributed by atoms with Gasteiger partial charge in [0.25, 0.3) is 5.91 Å². The highest BCUT2D eigenvalue weighted by Gasteiger charge is 2.33. The lowest BCUT2D eigenvalue weighted by molar-refractivity contribution is -0.142. The number of hydrogen-bond acceptors (Lipinski definition) is 6. The number of likely N-dealkylation sites (N-methyl/N-ethyl adjacent to an activating group) is 1. The van der Waals surface area contributed by atoms with Gasteiger partial charge in [-0.15, -0.1) is 0 Å². The summed E-state index contributed by atoms with van der Waals surface area (Å²) in [6, 6.07) is 4.81. The number of hydrogen-bond donors (Lipinski definition) is 1. The zero-order valence-electron chi connectivity index (χ0n) is 20.8. The summed E-state index contributed by atoms with van der Waals surface area (Å²) in [5.41, 5.74) is 0.871. The molecule has 188 valence electrons. The van der Waals surface area contributed by atoms with E-state index in [-0.39, 0.29) is 48.3 Å². The number of rotatable bonds is 3. The van der Waals surface area contributed by atoms with Crippen LogP contribution in [0.3, 0.4) is 0 Å². The third kappa shape index (κ3) is 6.27. The number of amides is 3. The summed E-state index contributed by atoms with van der Waals surface area (Å²) < 4.78 is 17.3. The Morgan fingerprint density at radius 1 is 1.15 bits per heavy atom. The van der Waals surface area contributed by atoms with E-state index in [4.69, 9.17) is 14.2 Å². The summed E-state index contributed by atoms with van der Waals surface area (Å²) in [7, 11) is 3.35. The Morgan fingerprint density at radius 2 is 1.85 bits per heavy atom. The smallest absolute Gasteiger partial charge is 0.257 e. The minimum Gasteiger partial charge on any atom is -0.491 e. The number of carbonyl (C=O) groups excluding carboxylic acids is 3. The maximum absolute atomic E-state index is 13.5. The van der Waals surface area contributed by atoms with Gasteiger partial charge in [0, 0.05) is 64.9 Å². The number of carbonyl (C=O) groups is 3. The van der Waals surface area contributed by atoms with Gasteiger partial charge in [-0.05, 0) is 38.0 Å². The minimum absolute atomic E-state index is 0.00361. The Balaban J connectivity index is 1.94. The average Bonchev–Trinajstić information content (AvgIpc) is 2.83. The Morgan fingerprint density at radius 3 is 2.50 bits per heavy atom. The molecule has 0 unspecified atom stereocenters. The van der Waals surface area contributed by atoms with E-state index in [1.807, 2.05) is 18.7 Å². The fourth-order valence-electron chi connectivity index (χ4n) is 4.54. The number of fused-ring (bicyclic) bond motifs is 1. The molecule has 9 nitrogen and oxygen atoms in total. The Hall–Kier alpha value is -2.65. The summed E-state index contributed by atoms with van der Waals surface area (Å²) in [5, 5.41) is 2.72. The molecule has 34 heavy (non-hydrogen) atoms. The Labute approximate surface area is 201 Å². The van der Waals surface area contributed by atoms with E-state index in [2.05, 4.69) is 5.32 Å². The standard InChI is InChI=1S/C25H37N3O6/c1-16-13-28(24(30)19-8-10-33-11-9-19)17(2)15-34-22-7-6-20(26-18(3)29)12-21(22)25(31)27(4)14-23(16)32-5/h6-7,12,16-17,19,23H,8-11,13-15H2,1-5H3,(H,26,29)/t16-,17-,23+/m0/s1. The maximum atomic E-state index is 13.5. The zero-order valence-corrected chi connectivity index (χ0v) is 20.8. The Bertz CT molecular complexity index is 885. The summed E-state index contributed by atoms with van der Waals surface area (Å²) >= 11 is 0. The van der Waals surface area contributed by atoms with Crippen LogP contribution in [-0.4, -0.2) is 86.7 Å². The van der Waals surface area contributed by atoms with Crippen molar-refractivity contribution in [3.8, 4) is 5.75 Å². The molecule has 2 heterocycles.